The standard InChI is InChI=1S/C8H6BIO3S/c10-8-5(11)3-6-4(1-2-14-6)7(8)9(12)13/h1-3,11-13H. The van der Waals surface area contributed by atoms with E-state index in [1.807, 2.05) is 34.0 Å². The molecular formula is C8H6BIO3S. The summed E-state index contributed by atoms with van der Waals surface area (Å²) < 4.78 is 1.34. The summed E-state index contributed by atoms with van der Waals surface area (Å²) in [4.78, 5) is 0. The van der Waals surface area contributed by atoms with E-state index in [1.165, 1.54) is 11.3 Å². The van der Waals surface area contributed by atoms with Crippen LogP contribution in [0.1, 0.15) is 0 Å². The first-order valence-electron chi connectivity index (χ1n) is 3.86. The molecule has 0 fully saturated rings. The minimum atomic E-state index is -1.55. The van der Waals surface area contributed by atoms with Crippen molar-refractivity contribution in [2.75, 3.05) is 0 Å². The summed E-state index contributed by atoms with van der Waals surface area (Å²) in [6.45, 7) is 0. The van der Waals surface area contributed by atoms with Crippen LogP contribution in [0.2, 0.25) is 0 Å². The monoisotopic (exact) mass is 320 g/mol. The van der Waals surface area contributed by atoms with Gasteiger partial charge in [0.25, 0.3) is 0 Å². The highest BCUT2D eigenvalue weighted by Gasteiger charge is 2.21. The molecule has 1 aromatic heterocycles. The normalized spacial score (nSPS) is 10.8. The van der Waals surface area contributed by atoms with Gasteiger partial charge in [-0.3, -0.25) is 0 Å². The maximum atomic E-state index is 9.54. The first kappa shape index (κ1) is 10.2. The van der Waals surface area contributed by atoms with Crippen LogP contribution in [-0.2, 0) is 0 Å². The highest BCUT2D eigenvalue weighted by molar-refractivity contribution is 14.1. The van der Waals surface area contributed by atoms with Crippen LogP contribution in [0.25, 0.3) is 10.1 Å². The van der Waals surface area contributed by atoms with Gasteiger partial charge in [0.1, 0.15) is 5.75 Å². The van der Waals surface area contributed by atoms with E-state index in [4.69, 9.17) is 0 Å². The maximum Gasteiger partial charge on any atom is 0.490 e. The number of halogens is 1. The van der Waals surface area contributed by atoms with Gasteiger partial charge >= 0.3 is 7.12 Å². The Hall–Kier alpha value is -0.305. The summed E-state index contributed by atoms with van der Waals surface area (Å²) >= 11 is 3.36. The zero-order valence-corrected chi connectivity index (χ0v) is 9.91. The zero-order chi connectivity index (χ0) is 10.3. The molecule has 1 aromatic carbocycles. The summed E-state index contributed by atoms with van der Waals surface area (Å²) in [5.41, 5.74) is 0.377. The lowest BCUT2D eigenvalue weighted by Gasteiger charge is -2.06. The van der Waals surface area contributed by atoms with E-state index in [-0.39, 0.29) is 5.75 Å². The average molecular weight is 320 g/mol. The number of thiophene rings is 1. The molecule has 0 saturated heterocycles. The lowest BCUT2D eigenvalue weighted by molar-refractivity contribution is 0.424. The number of aromatic hydroxyl groups is 1. The quantitative estimate of drug-likeness (QED) is 0.540. The second-order valence-corrected chi connectivity index (χ2v) is 4.86. The van der Waals surface area contributed by atoms with E-state index in [0.29, 0.717) is 9.03 Å². The fourth-order valence-corrected chi connectivity index (χ4v) is 2.91. The van der Waals surface area contributed by atoms with Crippen molar-refractivity contribution in [1.29, 1.82) is 0 Å². The van der Waals surface area contributed by atoms with Crippen molar-refractivity contribution < 1.29 is 15.2 Å². The Bertz CT molecular complexity index is 483. The predicted molar refractivity (Wildman–Crippen MR) is 66.0 cm³/mol. The molecule has 72 valence electrons. The van der Waals surface area contributed by atoms with Gasteiger partial charge in [0, 0.05) is 10.2 Å². The van der Waals surface area contributed by atoms with Crippen LogP contribution in [0.15, 0.2) is 17.5 Å². The van der Waals surface area contributed by atoms with Crippen molar-refractivity contribution in [2.24, 2.45) is 0 Å². The lowest BCUT2D eigenvalue weighted by Crippen LogP contribution is -2.32. The van der Waals surface area contributed by atoms with Crippen LogP contribution in [0.3, 0.4) is 0 Å². The van der Waals surface area contributed by atoms with Crippen LogP contribution in [0, 0.1) is 3.57 Å². The molecule has 6 heteroatoms. The van der Waals surface area contributed by atoms with Crippen LogP contribution >= 0.6 is 33.9 Å². The maximum absolute atomic E-state index is 9.54. The Kier molecular flexibility index (Phi) is 2.69. The third kappa shape index (κ3) is 1.52. The van der Waals surface area contributed by atoms with Gasteiger partial charge in [0.15, 0.2) is 0 Å². The second kappa shape index (κ2) is 3.69. The number of hydrogen-bond acceptors (Lipinski definition) is 4. The Morgan fingerprint density at radius 1 is 1.36 bits per heavy atom. The molecule has 0 unspecified atom stereocenters. The van der Waals surface area contributed by atoms with Gasteiger partial charge in [-0.15, -0.1) is 11.3 Å². The Balaban J connectivity index is 2.86. The minimum Gasteiger partial charge on any atom is -0.507 e. The van der Waals surface area contributed by atoms with Gasteiger partial charge in [0.05, 0.1) is 3.57 Å². The Morgan fingerprint density at radius 2 is 2.07 bits per heavy atom. The van der Waals surface area contributed by atoms with Gasteiger partial charge in [-0.05, 0) is 45.5 Å². The SMILES string of the molecule is OB(O)c1c(I)c(O)cc2sccc12. The highest BCUT2D eigenvalue weighted by Crippen LogP contribution is 2.28. The van der Waals surface area contributed by atoms with Crippen LogP contribution < -0.4 is 5.46 Å². The molecule has 0 saturated carbocycles. The summed E-state index contributed by atoms with van der Waals surface area (Å²) in [7, 11) is -1.55. The molecule has 3 nitrogen and oxygen atoms in total. The third-order valence-corrected chi connectivity index (χ3v) is 3.97. The smallest absolute Gasteiger partial charge is 0.490 e. The van der Waals surface area contributed by atoms with Crippen molar-refractivity contribution in [3.8, 4) is 5.75 Å². The van der Waals surface area contributed by atoms with Gasteiger partial charge in [-0.1, -0.05) is 0 Å². The molecule has 14 heavy (non-hydrogen) atoms. The van der Waals surface area contributed by atoms with Crippen molar-refractivity contribution in [3.63, 3.8) is 0 Å². The first-order chi connectivity index (χ1) is 6.61. The van der Waals surface area contributed by atoms with Crippen molar-refractivity contribution in [2.45, 2.75) is 0 Å². The molecule has 2 rings (SSSR count). The van der Waals surface area contributed by atoms with Gasteiger partial charge in [0.2, 0.25) is 0 Å². The minimum absolute atomic E-state index is 0.0867. The average Bonchev–Trinajstić information content (AvgIpc) is 2.52. The number of phenols is 1. The third-order valence-electron chi connectivity index (χ3n) is 1.97. The Morgan fingerprint density at radius 3 is 2.71 bits per heavy atom. The van der Waals surface area contributed by atoms with Gasteiger partial charge in [-0.2, -0.15) is 0 Å². The molecule has 0 aliphatic carbocycles. The highest BCUT2D eigenvalue weighted by atomic mass is 127. The predicted octanol–water partition coefficient (Wildman–Crippen LogP) is 0.891. The van der Waals surface area contributed by atoms with E-state index in [9.17, 15) is 15.2 Å². The molecule has 0 aliphatic rings. The topological polar surface area (TPSA) is 60.7 Å². The number of fused-ring (bicyclic) bond motifs is 1. The summed E-state index contributed by atoms with van der Waals surface area (Å²) in [6, 6.07) is 3.45. The zero-order valence-electron chi connectivity index (χ0n) is 6.94. The Labute approximate surface area is 98.3 Å². The lowest BCUT2D eigenvalue weighted by atomic mass is 9.78. The molecular weight excluding hydrogens is 314 g/mol. The fraction of sp³-hybridized carbons (Fsp3) is 0. The van der Waals surface area contributed by atoms with E-state index in [2.05, 4.69) is 0 Å². The number of rotatable bonds is 1. The molecule has 0 radical (unpaired) electrons. The van der Waals surface area contributed by atoms with E-state index < -0.39 is 7.12 Å². The van der Waals surface area contributed by atoms with E-state index in [1.54, 1.807) is 6.07 Å². The number of benzene rings is 1. The first-order valence-corrected chi connectivity index (χ1v) is 5.82. The van der Waals surface area contributed by atoms with E-state index >= 15 is 0 Å². The molecule has 0 atom stereocenters. The molecule has 2 aromatic rings. The number of hydrogen-bond donors (Lipinski definition) is 3. The molecule has 0 aliphatic heterocycles. The summed E-state index contributed by atoms with van der Waals surface area (Å²) in [5.74, 6) is 0.0867. The second-order valence-electron chi connectivity index (χ2n) is 2.83. The molecule has 0 spiro atoms. The van der Waals surface area contributed by atoms with Crippen LogP contribution in [0.5, 0.6) is 5.75 Å². The van der Waals surface area contributed by atoms with Gasteiger partial charge < -0.3 is 15.2 Å². The van der Waals surface area contributed by atoms with Crippen molar-refractivity contribution >= 4 is 56.6 Å². The molecule has 0 bridgehead atoms. The summed E-state index contributed by atoms with van der Waals surface area (Å²) in [5, 5.41) is 30.6. The fourth-order valence-electron chi connectivity index (χ4n) is 1.35. The molecule has 0 amide bonds. The van der Waals surface area contributed by atoms with Crippen molar-refractivity contribution in [1.82, 2.24) is 0 Å². The van der Waals surface area contributed by atoms with Crippen LogP contribution in [-0.4, -0.2) is 22.3 Å². The van der Waals surface area contributed by atoms with Gasteiger partial charge in [-0.25, -0.2) is 0 Å². The van der Waals surface area contributed by atoms with E-state index in [0.717, 1.165) is 10.1 Å². The summed E-state index contributed by atoms with van der Waals surface area (Å²) in [6.07, 6.45) is 0. The largest absolute Gasteiger partial charge is 0.507 e. The van der Waals surface area contributed by atoms with Crippen molar-refractivity contribution in [3.05, 3.63) is 21.1 Å². The number of phenolic OH excluding ortho intramolecular Hbond substituents is 1. The van der Waals surface area contributed by atoms with Crippen LogP contribution in [0.4, 0.5) is 0 Å². The molecule has 1 heterocycles. The molecule has 3 N–H and O–H groups in total.